The van der Waals surface area contributed by atoms with E-state index in [0.29, 0.717) is 18.5 Å². The van der Waals surface area contributed by atoms with E-state index in [2.05, 4.69) is 11.9 Å². The summed E-state index contributed by atoms with van der Waals surface area (Å²) in [5.74, 6) is 0.108. The summed E-state index contributed by atoms with van der Waals surface area (Å²) in [6.45, 7) is 6.84. The normalized spacial score (nSPS) is 11.6. The van der Waals surface area contributed by atoms with E-state index in [4.69, 9.17) is 13.3 Å². The molecule has 0 fully saturated rings. The number of Topliss-reactive ketones (excluding diaryl/α,β-unsaturated/α-hetero) is 1. The van der Waals surface area contributed by atoms with Gasteiger partial charge in [-0.15, -0.1) is 0 Å². The van der Waals surface area contributed by atoms with E-state index in [1.165, 1.54) is 0 Å². The second-order valence-electron chi connectivity index (χ2n) is 4.10. The molecule has 0 aliphatic heterocycles. The van der Waals surface area contributed by atoms with Crippen LogP contribution in [-0.2, 0) is 18.1 Å². The molecule has 0 unspecified atom stereocenters. The van der Waals surface area contributed by atoms with Crippen molar-refractivity contribution in [3.63, 3.8) is 0 Å². The number of nitrogens with one attached hydrogen (secondary N) is 1. The SMILES string of the molecule is C=C(C)C(=O)CCNCCC[Si](OC)(OC)OC. The van der Waals surface area contributed by atoms with Crippen molar-refractivity contribution in [2.45, 2.75) is 25.8 Å². The summed E-state index contributed by atoms with van der Waals surface area (Å²) in [7, 11) is 2.39. The highest BCUT2D eigenvalue weighted by atomic mass is 28.4. The van der Waals surface area contributed by atoms with Gasteiger partial charge < -0.3 is 18.6 Å². The summed E-state index contributed by atoms with van der Waals surface area (Å²) in [6.07, 6.45) is 1.39. The van der Waals surface area contributed by atoms with Crippen LogP contribution in [0.15, 0.2) is 12.2 Å². The average molecular weight is 275 g/mol. The molecular formula is C12H25NO4Si. The molecule has 0 heterocycles. The third-order valence-electron chi connectivity index (χ3n) is 2.77. The molecule has 18 heavy (non-hydrogen) atoms. The molecule has 0 radical (unpaired) electrons. The highest BCUT2D eigenvalue weighted by molar-refractivity contribution is 6.60. The number of rotatable bonds is 11. The van der Waals surface area contributed by atoms with Crippen molar-refractivity contribution >= 4 is 14.6 Å². The second-order valence-corrected chi connectivity index (χ2v) is 7.19. The number of carbonyl (C=O) groups excluding carboxylic acids is 1. The van der Waals surface area contributed by atoms with Crippen LogP contribution in [0.5, 0.6) is 0 Å². The Morgan fingerprint density at radius 3 is 2.17 bits per heavy atom. The van der Waals surface area contributed by atoms with Gasteiger partial charge in [-0.05, 0) is 25.5 Å². The van der Waals surface area contributed by atoms with Crippen LogP contribution in [-0.4, -0.2) is 49.0 Å². The fourth-order valence-electron chi connectivity index (χ4n) is 1.53. The van der Waals surface area contributed by atoms with Crippen molar-refractivity contribution in [1.29, 1.82) is 0 Å². The molecule has 6 heteroatoms. The van der Waals surface area contributed by atoms with Crippen LogP contribution in [0.4, 0.5) is 0 Å². The standard InChI is InChI=1S/C12H25NO4Si/c1-11(2)12(14)7-9-13-8-6-10-18(15-3,16-4)17-5/h13H,1,6-10H2,2-5H3. The number of hydrogen-bond donors (Lipinski definition) is 1. The predicted octanol–water partition coefficient (Wildman–Crippen LogP) is 1.38. The largest absolute Gasteiger partial charge is 0.500 e. The Morgan fingerprint density at radius 1 is 1.17 bits per heavy atom. The van der Waals surface area contributed by atoms with Crippen molar-refractivity contribution in [1.82, 2.24) is 5.32 Å². The molecule has 0 aliphatic carbocycles. The maximum absolute atomic E-state index is 11.3. The molecular weight excluding hydrogens is 250 g/mol. The van der Waals surface area contributed by atoms with E-state index >= 15 is 0 Å². The fraction of sp³-hybridized carbons (Fsp3) is 0.750. The van der Waals surface area contributed by atoms with Crippen LogP contribution in [0, 0.1) is 0 Å². The highest BCUT2D eigenvalue weighted by Gasteiger charge is 2.36. The minimum absolute atomic E-state index is 0.108. The van der Waals surface area contributed by atoms with Gasteiger partial charge in [0, 0.05) is 40.3 Å². The summed E-state index contributed by atoms with van der Waals surface area (Å²) in [5.41, 5.74) is 0.612. The Hall–Kier alpha value is -0.533. The van der Waals surface area contributed by atoms with Gasteiger partial charge in [-0.3, -0.25) is 4.79 Å². The maximum atomic E-state index is 11.3. The highest BCUT2D eigenvalue weighted by Crippen LogP contribution is 2.14. The van der Waals surface area contributed by atoms with Crippen molar-refractivity contribution in [2.75, 3.05) is 34.4 Å². The number of ketones is 1. The van der Waals surface area contributed by atoms with Gasteiger partial charge >= 0.3 is 8.80 Å². The first kappa shape index (κ1) is 17.5. The topological polar surface area (TPSA) is 56.8 Å². The van der Waals surface area contributed by atoms with Crippen molar-refractivity contribution in [3.8, 4) is 0 Å². The van der Waals surface area contributed by atoms with Crippen molar-refractivity contribution in [3.05, 3.63) is 12.2 Å². The summed E-state index contributed by atoms with van der Waals surface area (Å²) < 4.78 is 15.9. The Morgan fingerprint density at radius 2 is 1.72 bits per heavy atom. The monoisotopic (exact) mass is 275 g/mol. The molecule has 5 nitrogen and oxygen atoms in total. The summed E-state index contributed by atoms with van der Waals surface area (Å²) in [5, 5.41) is 3.21. The van der Waals surface area contributed by atoms with E-state index < -0.39 is 8.80 Å². The van der Waals surface area contributed by atoms with Crippen LogP contribution < -0.4 is 5.32 Å². The lowest BCUT2D eigenvalue weighted by Gasteiger charge is -2.24. The molecule has 0 aromatic rings. The molecule has 0 spiro atoms. The molecule has 0 aliphatic rings. The molecule has 0 atom stereocenters. The van der Waals surface area contributed by atoms with E-state index in [1.54, 1.807) is 28.3 Å². The van der Waals surface area contributed by atoms with Gasteiger partial charge in [-0.25, -0.2) is 0 Å². The Labute approximate surface area is 111 Å². The average Bonchev–Trinajstić information content (AvgIpc) is 2.38. The zero-order valence-corrected chi connectivity index (χ0v) is 12.9. The quantitative estimate of drug-likeness (QED) is 0.351. The molecule has 1 N–H and O–H groups in total. The van der Waals surface area contributed by atoms with E-state index in [9.17, 15) is 4.79 Å². The number of carbonyl (C=O) groups is 1. The predicted molar refractivity (Wildman–Crippen MR) is 73.5 cm³/mol. The van der Waals surface area contributed by atoms with Crippen LogP contribution in [0.2, 0.25) is 6.04 Å². The minimum atomic E-state index is -2.44. The van der Waals surface area contributed by atoms with Crippen LogP contribution in [0.25, 0.3) is 0 Å². The maximum Gasteiger partial charge on any atom is 0.500 e. The lowest BCUT2D eigenvalue weighted by Crippen LogP contribution is -2.43. The second kappa shape index (κ2) is 9.40. The molecule has 0 rings (SSSR count). The summed E-state index contributed by atoms with van der Waals surface area (Å²) in [6, 6.07) is 0.762. The molecule has 0 bridgehead atoms. The first-order valence-electron chi connectivity index (χ1n) is 6.06. The third-order valence-corrected chi connectivity index (χ3v) is 5.61. The van der Waals surface area contributed by atoms with Gasteiger partial charge in [0.1, 0.15) is 0 Å². The molecule has 0 aromatic carbocycles. The zero-order valence-electron chi connectivity index (χ0n) is 11.9. The Balaban J connectivity index is 3.67. The van der Waals surface area contributed by atoms with Gasteiger partial charge in [0.25, 0.3) is 0 Å². The van der Waals surface area contributed by atoms with Crippen molar-refractivity contribution in [2.24, 2.45) is 0 Å². The zero-order chi connectivity index (χ0) is 14.0. The fourth-order valence-corrected chi connectivity index (χ4v) is 3.25. The lowest BCUT2D eigenvalue weighted by atomic mass is 10.2. The van der Waals surface area contributed by atoms with Gasteiger partial charge in [-0.1, -0.05) is 6.58 Å². The van der Waals surface area contributed by atoms with E-state index in [0.717, 1.165) is 19.0 Å². The number of hydrogen-bond acceptors (Lipinski definition) is 5. The van der Waals surface area contributed by atoms with Gasteiger partial charge in [0.15, 0.2) is 5.78 Å². The van der Waals surface area contributed by atoms with Gasteiger partial charge in [0.05, 0.1) is 0 Å². The Kier molecular flexibility index (Phi) is 9.13. The molecule has 106 valence electrons. The summed E-state index contributed by atoms with van der Waals surface area (Å²) >= 11 is 0. The van der Waals surface area contributed by atoms with E-state index in [-0.39, 0.29) is 5.78 Å². The smallest absolute Gasteiger partial charge is 0.377 e. The van der Waals surface area contributed by atoms with Crippen LogP contribution in [0.3, 0.4) is 0 Å². The lowest BCUT2D eigenvalue weighted by molar-refractivity contribution is -0.115. The molecule has 0 saturated heterocycles. The molecule has 0 amide bonds. The van der Waals surface area contributed by atoms with Crippen LogP contribution in [0.1, 0.15) is 19.8 Å². The van der Waals surface area contributed by atoms with Crippen LogP contribution >= 0.6 is 0 Å². The minimum Gasteiger partial charge on any atom is -0.377 e. The van der Waals surface area contributed by atoms with Crippen molar-refractivity contribution < 1.29 is 18.1 Å². The van der Waals surface area contributed by atoms with E-state index in [1.807, 2.05) is 0 Å². The van der Waals surface area contributed by atoms with Gasteiger partial charge in [0.2, 0.25) is 0 Å². The van der Waals surface area contributed by atoms with Gasteiger partial charge in [-0.2, -0.15) is 0 Å². The number of allylic oxidation sites excluding steroid dienone is 1. The molecule has 0 aromatic heterocycles. The molecule has 0 saturated carbocycles. The summed E-state index contributed by atoms with van der Waals surface area (Å²) in [4.78, 5) is 11.3. The first-order chi connectivity index (χ1) is 8.51. The third kappa shape index (κ3) is 6.41. The Bertz CT molecular complexity index is 259. The first-order valence-corrected chi connectivity index (χ1v) is 7.99.